The highest BCUT2D eigenvalue weighted by atomic mass is 15.2. The first-order valence-electron chi connectivity index (χ1n) is 5.54. The van der Waals surface area contributed by atoms with Crippen LogP contribution in [0.5, 0.6) is 0 Å². The summed E-state index contributed by atoms with van der Waals surface area (Å²) in [4.78, 5) is 2.23. The molecule has 0 amide bonds. The van der Waals surface area contributed by atoms with E-state index in [1.807, 2.05) is 18.2 Å². The van der Waals surface area contributed by atoms with Crippen LogP contribution < -0.4 is 4.90 Å². The quantitative estimate of drug-likeness (QED) is 0.697. The second kappa shape index (κ2) is 4.35. The predicted octanol–water partition coefficient (Wildman–Crippen LogP) is 2.82. The number of benzene rings is 1. The van der Waals surface area contributed by atoms with Gasteiger partial charge >= 0.3 is 0 Å². The molecule has 0 unspecified atom stereocenters. The normalized spacial score (nSPS) is 26.0. The minimum absolute atomic E-state index is 0.0427. The van der Waals surface area contributed by atoms with E-state index in [1.54, 1.807) is 0 Å². The summed E-state index contributed by atoms with van der Waals surface area (Å²) in [6.07, 6.45) is 2.36. The number of piperidine rings is 1. The summed E-state index contributed by atoms with van der Waals surface area (Å²) in [6, 6.07) is 12.7. The smallest absolute Gasteiger partial charge is 0.119 e. The zero-order chi connectivity index (χ0) is 10.7. The van der Waals surface area contributed by atoms with Gasteiger partial charge in [-0.05, 0) is 30.9 Å². The predicted molar refractivity (Wildman–Crippen MR) is 61.6 cm³/mol. The molecule has 2 atom stereocenters. The fourth-order valence-electron chi connectivity index (χ4n) is 2.29. The third kappa shape index (κ3) is 1.97. The highest BCUT2D eigenvalue weighted by Crippen LogP contribution is 2.27. The van der Waals surface area contributed by atoms with Gasteiger partial charge in [-0.15, -0.1) is 0 Å². The molecule has 1 aliphatic rings. The molecule has 0 saturated carbocycles. The summed E-state index contributed by atoms with van der Waals surface area (Å²) in [6.45, 7) is 3.18. The van der Waals surface area contributed by atoms with E-state index in [2.05, 4.69) is 30.0 Å². The molecule has 15 heavy (non-hydrogen) atoms. The lowest BCUT2D eigenvalue weighted by molar-refractivity contribution is 0.394. The molecule has 0 radical (unpaired) electrons. The van der Waals surface area contributed by atoms with Crippen molar-refractivity contribution in [2.24, 2.45) is 5.92 Å². The number of para-hydroxylation sites is 1. The van der Waals surface area contributed by atoms with Crippen molar-refractivity contribution in [2.45, 2.75) is 25.8 Å². The Hall–Kier alpha value is -1.49. The molecule has 1 fully saturated rings. The highest BCUT2D eigenvalue weighted by molar-refractivity contribution is 5.49. The van der Waals surface area contributed by atoms with Gasteiger partial charge in [-0.25, -0.2) is 0 Å². The molecule has 1 aromatic rings. The molecule has 1 aliphatic heterocycles. The molecule has 0 spiro atoms. The first-order valence-corrected chi connectivity index (χ1v) is 5.54. The van der Waals surface area contributed by atoms with E-state index in [0.717, 1.165) is 6.54 Å². The standard InChI is InChI=1S/C13H16N2/c1-11-6-5-9-15(13(11)10-14)12-7-3-2-4-8-12/h2-4,7-8,11,13H,5-6,9H2,1H3/t11-,13-/m0/s1. The lowest BCUT2D eigenvalue weighted by Crippen LogP contribution is -2.43. The SMILES string of the molecule is C[C@H]1CCCN(c2ccccc2)[C@H]1C#N. The molecule has 0 N–H and O–H groups in total. The zero-order valence-electron chi connectivity index (χ0n) is 9.06. The van der Waals surface area contributed by atoms with Gasteiger partial charge in [-0.2, -0.15) is 5.26 Å². The Kier molecular flexibility index (Phi) is 2.91. The summed E-state index contributed by atoms with van der Waals surface area (Å²) >= 11 is 0. The second-order valence-electron chi connectivity index (χ2n) is 4.22. The van der Waals surface area contributed by atoms with Gasteiger partial charge in [0.1, 0.15) is 6.04 Å². The van der Waals surface area contributed by atoms with Gasteiger partial charge in [0.15, 0.2) is 0 Å². The monoisotopic (exact) mass is 200 g/mol. The van der Waals surface area contributed by atoms with E-state index in [1.165, 1.54) is 18.5 Å². The minimum atomic E-state index is 0.0427. The van der Waals surface area contributed by atoms with E-state index < -0.39 is 0 Å². The first-order chi connectivity index (χ1) is 7.33. The van der Waals surface area contributed by atoms with Crippen molar-refractivity contribution >= 4 is 5.69 Å². The Morgan fingerprint density at radius 1 is 1.33 bits per heavy atom. The van der Waals surface area contributed by atoms with Gasteiger partial charge in [0.25, 0.3) is 0 Å². The molecule has 1 saturated heterocycles. The molecule has 2 nitrogen and oxygen atoms in total. The van der Waals surface area contributed by atoms with Gasteiger partial charge in [0.2, 0.25) is 0 Å². The zero-order valence-corrected chi connectivity index (χ0v) is 9.06. The maximum atomic E-state index is 9.20. The summed E-state index contributed by atoms with van der Waals surface area (Å²) in [5.41, 5.74) is 1.18. The van der Waals surface area contributed by atoms with E-state index >= 15 is 0 Å². The van der Waals surface area contributed by atoms with Gasteiger partial charge < -0.3 is 4.90 Å². The third-order valence-corrected chi connectivity index (χ3v) is 3.15. The highest BCUT2D eigenvalue weighted by Gasteiger charge is 2.28. The molecule has 2 rings (SSSR count). The Bertz CT molecular complexity index is 353. The maximum Gasteiger partial charge on any atom is 0.119 e. The average Bonchev–Trinajstić information content (AvgIpc) is 2.30. The van der Waals surface area contributed by atoms with Crippen LogP contribution in [0, 0.1) is 17.2 Å². The molecular formula is C13H16N2. The molecule has 0 aliphatic carbocycles. The van der Waals surface area contributed by atoms with Crippen molar-refractivity contribution in [3.8, 4) is 6.07 Å². The fourth-order valence-corrected chi connectivity index (χ4v) is 2.29. The number of hydrogen-bond donors (Lipinski definition) is 0. The van der Waals surface area contributed by atoms with Crippen molar-refractivity contribution < 1.29 is 0 Å². The van der Waals surface area contributed by atoms with E-state index in [9.17, 15) is 5.26 Å². The second-order valence-corrected chi connectivity index (χ2v) is 4.22. The largest absolute Gasteiger partial charge is 0.355 e. The maximum absolute atomic E-state index is 9.20. The Morgan fingerprint density at radius 3 is 2.73 bits per heavy atom. The van der Waals surface area contributed by atoms with Crippen LogP contribution in [-0.4, -0.2) is 12.6 Å². The van der Waals surface area contributed by atoms with Gasteiger partial charge in [0.05, 0.1) is 6.07 Å². The van der Waals surface area contributed by atoms with Crippen LogP contribution in [0.1, 0.15) is 19.8 Å². The summed E-state index contributed by atoms with van der Waals surface area (Å²) in [5.74, 6) is 0.476. The lowest BCUT2D eigenvalue weighted by atomic mass is 9.91. The number of anilines is 1. The topological polar surface area (TPSA) is 27.0 Å². The Labute approximate surface area is 91.1 Å². The van der Waals surface area contributed by atoms with Crippen LogP contribution in [0.15, 0.2) is 30.3 Å². The number of nitrogens with zero attached hydrogens (tertiary/aromatic N) is 2. The van der Waals surface area contributed by atoms with E-state index in [-0.39, 0.29) is 6.04 Å². The average molecular weight is 200 g/mol. The van der Waals surface area contributed by atoms with Gasteiger partial charge in [-0.1, -0.05) is 25.1 Å². The molecular weight excluding hydrogens is 184 g/mol. The summed E-state index contributed by atoms with van der Waals surface area (Å²) in [7, 11) is 0. The number of nitriles is 1. The van der Waals surface area contributed by atoms with Crippen molar-refractivity contribution in [1.82, 2.24) is 0 Å². The molecule has 1 heterocycles. The van der Waals surface area contributed by atoms with Crippen molar-refractivity contribution in [3.05, 3.63) is 30.3 Å². The number of hydrogen-bond acceptors (Lipinski definition) is 2. The van der Waals surface area contributed by atoms with Crippen LogP contribution in [0.3, 0.4) is 0 Å². The van der Waals surface area contributed by atoms with Crippen molar-refractivity contribution in [1.29, 1.82) is 5.26 Å². The molecule has 2 heteroatoms. The fraction of sp³-hybridized carbons (Fsp3) is 0.462. The van der Waals surface area contributed by atoms with Crippen LogP contribution in [0.25, 0.3) is 0 Å². The third-order valence-electron chi connectivity index (χ3n) is 3.15. The Morgan fingerprint density at radius 2 is 2.07 bits per heavy atom. The van der Waals surface area contributed by atoms with E-state index in [4.69, 9.17) is 0 Å². The molecule has 1 aromatic carbocycles. The van der Waals surface area contributed by atoms with Crippen LogP contribution >= 0.6 is 0 Å². The van der Waals surface area contributed by atoms with Crippen LogP contribution in [-0.2, 0) is 0 Å². The lowest BCUT2D eigenvalue weighted by Gasteiger charge is -2.37. The molecule has 78 valence electrons. The summed E-state index contributed by atoms with van der Waals surface area (Å²) < 4.78 is 0. The van der Waals surface area contributed by atoms with Gasteiger partial charge in [-0.3, -0.25) is 0 Å². The van der Waals surface area contributed by atoms with Crippen molar-refractivity contribution in [3.63, 3.8) is 0 Å². The summed E-state index contributed by atoms with van der Waals surface area (Å²) in [5, 5.41) is 9.20. The van der Waals surface area contributed by atoms with Gasteiger partial charge in [0, 0.05) is 12.2 Å². The minimum Gasteiger partial charge on any atom is -0.355 e. The molecule has 0 bridgehead atoms. The Balaban J connectivity index is 2.24. The van der Waals surface area contributed by atoms with Crippen LogP contribution in [0.4, 0.5) is 5.69 Å². The molecule has 0 aromatic heterocycles. The van der Waals surface area contributed by atoms with Crippen LogP contribution in [0.2, 0.25) is 0 Å². The van der Waals surface area contributed by atoms with Crippen molar-refractivity contribution in [2.75, 3.05) is 11.4 Å². The number of rotatable bonds is 1. The van der Waals surface area contributed by atoms with E-state index in [0.29, 0.717) is 5.92 Å². The first kappa shape index (κ1) is 10.0.